The normalized spacial score (nSPS) is 11.6. The van der Waals surface area contributed by atoms with Gasteiger partial charge in [0.15, 0.2) is 0 Å². The Morgan fingerprint density at radius 3 is 2.55 bits per heavy atom. The molecule has 2 rings (SSSR count). The van der Waals surface area contributed by atoms with Crippen molar-refractivity contribution in [1.82, 2.24) is 0 Å². The standard InChI is InChI=1S/C14H15NO5/c1-14(2,13(15)18)10-5-7-4-8(19-3)6-9(16)11(7)12(17)20-10/h4-6,16H,1-3H3,(H2,15,18). The van der Waals surface area contributed by atoms with Gasteiger partial charge in [-0.1, -0.05) is 0 Å². The van der Waals surface area contributed by atoms with Crippen LogP contribution in [0, 0.1) is 0 Å². The quantitative estimate of drug-likeness (QED) is 0.879. The van der Waals surface area contributed by atoms with Crippen molar-refractivity contribution in [2.75, 3.05) is 7.11 Å². The number of phenols is 1. The summed E-state index contributed by atoms with van der Waals surface area (Å²) in [5, 5.41) is 10.3. The number of hydrogen-bond donors (Lipinski definition) is 2. The maximum absolute atomic E-state index is 12.0. The van der Waals surface area contributed by atoms with Crippen LogP contribution in [0.2, 0.25) is 0 Å². The maximum atomic E-state index is 12.0. The number of primary amides is 1. The lowest BCUT2D eigenvalue weighted by Crippen LogP contribution is -2.36. The molecule has 1 heterocycles. The third-order valence-electron chi connectivity index (χ3n) is 3.28. The Hall–Kier alpha value is -2.50. The molecule has 1 aromatic carbocycles. The molecule has 1 aromatic heterocycles. The van der Waals surface area contributed by atoms with Crippen molar-refractivity contribution in [3.05, 3.63) is 34.4 Å². The van der Waals surface area contributed by atoms with Crippen LogP contribution in [0.3, 0.4) is 0 Å². The molecule has 0 aliphatic heterocycles. The Morgan fingerprint density at radius 2 is 2.00 bits per heavy atom. The van der Waals surface area contributed by atoms with Crippen LogP contribution in [0.25, 0.3) is 10.8 Å². The Bertz CT molecular complexity index is 745. The molecule has 0 saturated carbocycles. The van der Waals surface area contributed by atoms with Crippen LogP contribution in [0.15, 0.2) is 27.4 Å². The summed E-state index contributed by atoms with van der Waals surface area (Å²) in [5.74, 6) is -0.331. The van der Waals surface area contributed by atoms with Crippen LogP contribution in [0.5, 0.6) is 11.5 Å². The van der Waals surface area contributed by atoms with Gasteiger partial charge in [0.25, 0.3) is 0 Å². The van der Waals surface area contributed by atoms with Crippen LogP contribution in [0.1, 0.15) is 19.6 Å². The second kappa shape index (κ2) is 4.56. The zero-order valence-electron chi connectivity index (χ0n) is 11.4. The third kappa shape index (κ3) is 2.09. The van der Waals surface area contributed by atoms with E-state index in [9.17, 15) is 14.7 Å². The van der Waals surface area contributed by atoms with Gasteiger partial charge in [0, 0.05) is 6.07 Å². The molecule has 106 valence electrons. The highest BCUT2D eigenvalue weighted by atomic mass is 16.5. The number of phenolic OH excluding ortho intramolecular Hbond substituents is 1. The molecule has 0 atom stereocenters. The number of ether oxygens (including phenoxy) is 1. The summed E-state index contributed by atoms with van der Waals surface area (Å²) in [6.45, 7) is 3.11. The summed E-state index contributed by atoms with van der Waals surface area (Å²) in [5.41, 5.74) is 3.44. The van der Waals surface area contributed by atoms with Crippen LogP contribution in [0.4, 0.5) is 0 Å². The zero-order chi connectivity index (χ0) is 15.1. The van der Waals surface area contributed by atoms with E-state index in [1.165, 1.54) is 19.2 Å². The summed E-state index contributed by atoms with van der Waals surface area (Å²) in [6, 6.07) is 4.40. The number of hydrogen-bond acceptors (Lipinski definition) is 5. The Morgan fingerprint density at radius 1 is 1.35 bits per heavy atom. The first-order chi connectivity index (χ1) is 9.27. The van der Waals surface area contributed by atoms with Crippen molar-refractivity contribution in [2.24, 2.45) is 5.73 Å². The number of carbonyl (C=O) groups excluding carboxylic acids is 1. The molecular formula is C14H15NO5. The van der Waals surface area contributed by atoms with E-state index >= 15 is 0 Å². The Labute approximate surface area is 114 Å². The molecule has 0 fully saturated rings. The first-order valence-corrected chi connectivity index (χ1v) is 5.92. The summed E-state index contributed by atoms with van der Waals surface area (Å²) >= 11 is 0. The van der Waals surface area contributed by atoms with E-state index < -0.39 is 16.9 Å². The topological polar surface area (TPSA) is 103 Å². The molecule has 0 spiro atoms. The summed E-state index contributed by atoms with van der Waals surface area (Å²) in [7, 11) is 1.44. The lowest BCUT2D eigenvalue weighted by molar-refractivity contribution is -0.122. The van der Waals surface area contributed by atoms with Gasteiger partial charge in [0.2, 0.25) is 5.91 Å². The minimum atomic E-state index is -1.13. The van der Waals surface area contributed by atoms with Gasteiger partial charge in [-0.15, -0.1) is 0 Å². The highest BCUT2D eigenvalue weighted by Crippen LogP contribution is 2.31. The molecule has 0 aliphatic rings. The van der Waals surface area contributed by atoms with Gasteiger partial charge in [0.1, 0.15) is 28.1 Å². The van der Waals surface area contributed by atoms with E-state index in [0.29, 0.717) is 11.1 Å². The summed E-state index contributed by atoms with van der Waals surface area (Å²) < 4.78 is 10.1. The molecule has 0 radical (unpaired) electrons. The average molecular weight is 277 g/mol. The number of benzene rings is 1. The lowest BCUT2D eigenvalue weighted by Gasteiger charge is -2.19. The first-order valence-electron chi connectivity index (χ1n) is 5.92. The van der Waals surface area contributed by atoms with Crippen LogP contribution < -0.4 is 16.1 Å². The lowest BCUT2D eigenvalue weighted by atomic mass is 9.88. The number of amides is 1. The van der Waals surface area contributed by atoms with Crippen molar-refractivity contribution >= 4 is 16.7 Å². The number of nitrogens with two attached hydrogens (primary N) is 1. The van der Waals surface area contributed by atoms with Gasteiger partial charge in [0.05, 0.1) is 7.11 Å². The predicted octanol–water partition coefficient (Wildman–Crippen LogP) is 1.27. The highest BCUT2D eigenvalue weighted by molar-refractivity contribution is 5.90. The number of fused-ring (bicyclic) bond motifs is 1. The molecule has 6 heteroatoms. The van der Waals surface area contributed by atoms with Gasteiger partial charge in [-0.2, -0.15) is 0 Å². The number of carbonyl (C=O) groups is 1. The van der Waals surface area contributed by atoms with E-state index in [0.717, 1.165) is 0 Å². The minimum absolute atomic E-state index is 0.0369. The first kappa shape index (κ1) is 13.9. The fourth-order valence-corrected chi connectivity index (χ4v) is 1.83. The van der Waals surface area contributed by atoms with Crippen LogP contribution in [-0.4, -0.2) is 18.1 Å². The molecule has 0 unspecified atom stereocenters. The largest absolute Gasteiger partial charge is 0.507 e. The molecule has 6 nitrogen and oxygen atoms in total. The number of aromatic hydroxyl groups is 1. The summed E-state index contributed by atoms with van der Waals surface area (Å²) in [4.78, 5) is 23.4. The maximum Gasteiger partial charge on any atom is 0.347 e. The molecular weight excluding hydrogens is 262 g/mol. The van der Waals surface area contributed by atoms with Crippen molar-refractivity contribution < 1.29 is 19.1 Å². The Balaban J connectivity index is 2.81. The highest BCUT2D eigenvalue weighted by Gasteiger charge is 2.31. The van der Waals surface area contributed by atoms with Crippen molar-refractivity contribution in [3.63, 3.8) is 0 Å². The molecule has 0 aliphatic carbocycles. The second-order valence-electron chi connectivity index (χ2n) is 5.00. The van der Waals surface area contributed by atoms with E-state index in [-0.39, 0.29) is 16.9 Å². The zero-order valence-corrected chi connectivity index (χ0v) is 11.4. The van der Waals surface area contributed by atoms with E-state index in [2.05, 4.69) is 0 Å². The van der Waals surface area contributed by atoms with Crippen LogP contribution >= 0.6 is 0 Å². The van der Waals surface area contributed by atoms with Crippen LogP contribution in [-0.2, 0) is 10.2 Å². The van der Waals surface area contributed by atoms with Gasteiger partial charge >= 0.3 is 5.63 Å². The van der Waals surface area contributed by atoms with E-state index in [1.807, 2.05) is 0 Å². The van der Waals surface area contributed by atoms with Gasteiger partial charge in [-0.25, -0.2) is 4.79 Å². The van der Waals surface area contributed by atoms with E-state index in [4.69, 9.17) is 14.9 Å². The molecule has 20 heavy (non-hydrogen) atoms. The van der Waals surface area contributed by atoms with Gasteiger partial charge in [-0.3, -0.25) is 4.79 Å². The fourth-order valence-electron chi connectivity index (χ4n) is 1.83. The molecule has 2 aromatic rings. The minimum Gasteiger partial charge on any atom is -0.507 e. The molecule has 3 N–H and O–H groups in total. The van der Waals surface area contributed by atoms with Gasteiger partial charge < -0.3 is 20.0 Å². The number of methoxy groups -OCH3 is 1. The number of rotatable bonds is 3. The van der Waals surface area contributed by atoms with Crippen molar-refractivity contribution in [3.8, 4) is 11.5 Å². The second-order valence-corrected chi connectivity index (χ2v) is 5.00. The molecule has 0 bridgehead atoms. The summed E-state index contributed by atoms with van der Waals surface area (Å²) in [6.07, 6.45) is 0. The van der Waals surface area contributed by atoms with Crippen molar-refractivity contribution in [2.45, 2.75) is 19.3 Å². The molecule has 0 saturated heterocycles. The fraction of sp³-hybridized carbons (Fsp3) is 0.286. The Kier molecular flexibility index (Phi) is 3.17. The smallest absolute Gasteiger partial charge is 0.347 e. The average Bonchev–Trinajstić information content (AvgIpc) is 2.37. The monoisotopic (exact) mass is 277 g/mol. The van der Waals surface area contributed by atoms with Crippen molar-refractivity contribution in [1.29, 1.82) is 0 Å². The third-order valence-corrected chi connectivity index (χ3v) is 3.28. The SMILES string of the molecule is COc1cc(O)c2c(=O)oc(C(C)(C)C(N)=O)cc2c1. The van der Waals surface area contributed by atoms with E-state index in [1.54, 1.807) is 19.9 Å². The van der Waals surface area contributed by atoms with Gasteiger partial charge in [-0.05, 0) is 31.4 Å². The predicted molar refractivity (Wildman–Crippen MR) is 72.9 cm³/mol. The molecule has 1 amide bonds.